The molecule has 2 aromatic carbocycles. The fourth-order valence-corrected chi connectivity index (χ4v) is 5.41. The van der Waals surface area contributed by atoms with Gasteiger partial charge in [0.05, 0.1) is 16.4 Å². The van der Waals surface area contributed by atoms with E-state index in [1.807, 2.05) is 25.1 Å². The highest BCUT2D eigenvalue weighted by Gasteiger charge is 2.51. The van der Waals surface area contributed by atoms with Gasteiger partial charge in [-0.3, -0.25) is 9.52 Å². The number of aryl methyl sites for hydroxylation is 2. The molecule has 2 N–H and O–H groups in total. The molecule has 1 aliphatic heterocycles. The van der Waals surface area contributed by atoms with E-state index in [4.69, 9.17) is 4.74 Å². The molecule has 1 saturated heterocycles. The molecule has 2 aliphatic rings. The van der Waals surface area contributed by atoms with Crippen molar-refractivity contribution in [1.82, 2.24) is 5.32 Å². The number of sulfonamides is 1. The van der Waals surface area contributed by atoms with E-state index in [2.05, 4.69) is 10.0 Å². The van der Waals surface area contributed by atoms with Gasteiger partial charge in [-0.05, 0) is 74.4 Å². The molecule has 0 unspecified atom stereocenters. The van der Waals surface area contributed by atoms with Gasteiger partial charge in [-0.15, -0.1) is 0 Å². The lowest BCUT2D eigenvalue weighted by Gasteiger charge is -2.18. The highest BCUT2D eigenvalue weighted by molar-refractivity contribution is 7.92. The Hall–Kier alpha value is -2.38. The van der Waals surface area contributed by atoms with Crippen LogP contribution < -0.4 is 10.0 Å². The van der Waals surface area contributed by atoms with Crippen LogP contribution >= 0.6 is 0 Å². The first-order chi connectivity index (χ1) is 14.3. The van der Waals surface area contributed by atoms with Crippen molar-refractivity contribution >= 4 is 21.6 Å². The highest BCUT2D eigenvalue weighted by atomic mass is 32.2. The Morgan fingerprint density at radius 3 is 2.50 bits per heavy atom. The predicted octanol–water partition coefficient (Wildman–Crippen LogP) is 3.43. The van der Waals surface area contributed by atoms with Gasteiger partial charge >= 0.3 is 0 Å². The smallest absolute Gasteiger partial charge is 0.262 e. The zero-order chi connectivity index (χ0) is 21.4. The molecule has 30 heavy (non-hydrogen) atoms. The second-order valence-corrected chi connectivity index (χ2v) is 10.0. The minimum absolute atomic E-state index is 0.0294. The van der Waals surface area contributed by atoms with Crippen LogP contribution in [0.3, 0.4) is 0 Å². The molecule has 0 radical (unpaired) electrons. The van der Waals surface area contributed by atoms with Crippen LogP contribution in [0.5, 0.6) is 0 Å². The van der Waals surface area contributed by atoms with Crippen LogP contribution in [0, 0.1) is 13.8 Å². The Balaban J connectivity index is 1.45. The SMILES string of the molecule is Cc1ccc(C)c(S(=O)(=O)Nc2ccc(C3(C(=O)NC[C@H]4CCCO4)CC3)cc2)c1. The molecule has 4 rings (SSSR count). The van der Waals surface area contributed by atoms with Crippen LogP contribution in [-0.2, 0) is 25.0 Å². The van der Waals surface area contributed by atoms with E-state index in [-0.39, 0.29) is 16.9 Å². The van der Waals surface area contributed by atoms with Gasteiger partial charge < -0.3 is 10.1 Å². The van der Waals surface area contributed by atoms with Crippen LogP contribution in [0.15, 0.2) is 47.4 Å². The Bertz CT molecular complexity index is 1040. The van der Waals surface area contributed by atoms with E-state index in [0.717, 1.165) is 43.4 Å². The zero-order valence-electron chi connectivity index (χ0n) is 17.4. The second kappa shape index (κ2) is 8.04. The van der Waals surface area contributed by atoms with Crippen molar-refractivity contribution in [2.75, 3.05) is 17.9 Å². The fraction of sp³-hybridized carbons (Fsp3) is 0.435. The topological polar surface area (TPSA) is 84.5 Å². The number of benzene rings is 2. The summed E-state index contributed by atoms with van der Waals surface area (Å²) in [6.45, 7) is 4.97. The van der Waals surface area contributed by atoms with Crippen LogP contribution in [-0.4, -0.2) is 33.6 Å². The third-order valence-corrected chi connectivity index (χ3v) is 7.55. The maximum atomic E-state index is 12.8. The summed E-state index contributed by atoms with van der Waals surface area (Å²) in [5.41, 5.74) is 2.49. The summed E-state index contributed by atoms with van der Waals surface area (Å²) < 4.78 is 33.8. The van der Waals surface area contributed by atoms with E-state index in [0.29, 0.717) is 17.8 Å². The number of carbonyl (C=O) groups is 1. The maximum Gasteiger partial charge on any atom is 0.262 e. The molecule has 6 nitrogen and oxygen atoms in total. The Labute approximate surface area is 178 Å². The number of hydrogen-bond acceptors (Lipinski definition) is 4. The van der Waals surface area contributed by atoms with Crippen molar-refractivity contribution in [2.45, 2.75) is 55.9 Å². The summed E-state index contributed by atoms with van der Waals surface area (Å²) in [5.74, 6) is 0.0294. The average molecular weight is 429 g/mol. The number of nitrogens with one attached hydrogen (secondary N) is 2. The van der Waals surface area contributed by atoms with Gasteiger partial charge in [-0.2, -0.15) is 0 Å². The first-order valence-corrected chi connectivity index (χ1v) is 11.9. The molecule has 2 fully saturated rings. The summed E-state index contributed by atoms with van der Waals surface area (Å²) in [6, 6.07) is 12.5. The van der Waals surface area contributed by atoms with Crippen molar-refractivity contribution in [3.05, 3.63) is 59.2 Å². The number of hydrogen-bond donors (Lipinski definition) is 2. The van der Waals surface area contributed by atoms with Gasteiger partial charge in [-0.25, -0.2) is 8.42 Å². The molecule has 7 heteroatoms. The van der Waals surface area contributed by atoms with E-state index in [9.17, 15) is 13.2 Å². The van der Waals surface area contributed by atoms with Gasteiger partial charge in [0, 0.05) is 18.8 Å². The number of ether oxygens (including phenoxy) is 1. The number of anilines is 1. The van der Waals surface area contributed by atoms with Crippen molar-refractivity contribution in [2.24, 2.45) is 0 Å². The van der Waals surface area contributed by atoms with E-state index in [1.165, 1.54) is 0 Å². The molecule has 1 aliphatic carbocycles. The van der Waals surface area contributed by atoms with E-state index >= 15 is 0 Å². The molecule has 0 aromatic heterocycles. The lowest BCUT2D eigenvalue weighted by atomic mass is 9.94. The van der Waals surface area contributed by atoms with Gasteiger partial charge in [0.15, 0.2) is 0 Å². The van der Waals surface area contributed by atoms with Crippen molar-refractivity contribution < 1.29 is 17.9 Å². The predicted molar refractivity (Wildman–Crippen MR) is 116 cm³/mol. The van der Waals surface area contributed by atoms with Crippen LogP contribution in [0.25, 0.3) is 0 Å². The van der Waals surface area contributed by atoms with Crippen LogP contribution in [0.1, 0.15) is 42.4 Å². The molecule has 1 amide bonds. The molecular weight excluding hydrogens is 400 g/mol. The number of amides is 1. The summed E-state index contributed by atoms with van der Waals surface area (Å²) in [7, 11) is -3.68. The molecular formula is C23H28N2O4S. The standard InChI is InChI=1S/C23H28N2O4S/c1-16-5-6-17(2)21(14-16)30(27,28)25-19-9-7-18(8-10-19)23(11-12-23)22(26)24-15-20-4-3-13-29-20/h5-10,14,20,25H,3-4,11-13,15H2,1-2H3,(H,24,26)/t20-/m1/s1. The first kappa shape index (κ1) is 20.9. The Morgan fingerprint density at radius 1 is 1.13 bits per heavy atom. The summed E-state index contributed by atoms with van der Waals surface area (Å²) in [4.78, 5) is 13.1. The van der Waals surface area contributed by atoms with Gasteiger partial charge in [0.2, 0.25) is 5.91 Å². The van der Waals surface area contributed by atoms with Gasteiger partial charge in [0.1, 0.15) is 0 Å². The third kappa shape index (κ3) is 4.23. The first-order valence-electron chi connectivity index (χ1n) is 10.4. The third-order valence-electron chi connectivity index (χ3n) is 6.02. The monoisotopic (exact) mass is 428 g/mol. The lowest BCUT2D eigenvalue weighted by molar-refractivity contribution is -0.124. The quantitative estimate of drug-likeness (QED) is 0.708. The number of rotatable bonds is 7. The van der Waals surface area contributed by atoms with E-state index in [1.54, 1.807) is 31.2 Å². The van der Waals surface area contributed by atoms with Crippen molar-refractivity contribution in [3.8, 4) is 0 Å². The van der Waals surface area contributed by atoms with Gasteiger partial charge in [-0.1, -0.05) is 24.3 Å². The minimum atomic E-state index is -3.68. The van der Waals surface area contributed by atoms with Crippen LogP contribution in [0.4, 0.5) is 5.69 Å². The van der Waals surface area contributed by atoms with Crippen molar-refractivity contribution in [1.29, 1.82) is 0 Å². The second-order valence-electron chi connectivity index (χ2n) is 8.38. The fourth-order valence-electron chi connectivity index (χ4n) is 4.02. The molecule has 2 aromatic rings. The van der Waals surface area contributed by atoms with Crippen LogP contribution in [0.2, 0.25) is 0 Å². The molecule has 1 heterocycles. The summed E-state index contributed by atoms with van der Waals surface area (Å²) in [6.07, 6.45) is 3.76. The molecule has 0 bridgehead atoms. The maximum absolute atomic E-state index is 12.8. The summed E-state index contributed by atoms with van der Waals surface area (Å²) in [5, 5.41) is 3.04. The highest BCUT2D eigenvalue weighted by Crippen LogP contribution is 2.48. The molecule has 0 spiro atoms. The van der Waals surface area contributed by atoms with Gasteiger partial charge in [0.25, 0.3) is 10.0 Å². The molecule has 1 atom stereocenters. The Morgan fingerprint density at radius 2 is 1.87 bits per heavy atom. The lowest BCUT2D eigenvalue weighted by Crippen LogP contribution is -2.39. The average Bonchev–Trinajstić information content (AvgIpc) is 3.36. The molecule has 1 saturated carbocycles. The number of carbonyl (C=O) groups excluding carboxylic acids is 1. The summed E-state index contributed by atoms with van der Waals surface area (Å²) >= 11 is 0. The zero-order valence-corrected chi connectivity index (χ0v) is 18.2. The van der Waals surface area contributed by atoms with E-state index < -0.39 is 15.4 Å². The largest absolute Gasteiger partial charge is 0.376 e. The normalized spacial score (nSPS) is 20.0. The minimum Gasteiger partial charge on any atom is -0.376 e. The Kier molecular flexibility index (Phi) is 5.59. The van der Waals surface area contributed by atoms with Crippen molar-refractivity contribution in [3.63, 3.8) is 0 Å². The molecule has 160 valence electrons.